The van der Waals surface area contributed by atoms with Gasteiger partial charge in [0.05, 0.1) is 12.0 Å². The van der Waals surface area contributed by atoms with Gasteiger partial charge in [-0.05, 0) is 49.6 Å². The Morgan fingerprint density at radius 3 is 2.46 bits per heavy atom. The molecule has 2 heterocycles. The molecule has 1 aliphatic rings. The molecule has 2 N–H and O–H groups in total. The first-order chi connectivity index (χ1) is 17.7. The van der Waals surface area contributed by atoms with Crippen LogP contribution in [0.25, 0.3) is 10.4 Å². The summed E-state index contributed by atoms with van der Waals surface area (Å²) in [5.41, 5.74) is 2.36. The van der Waals surface area contributed by atoms with Gasteiger partial charge in [0.25, 0.3) is 0 Å². The van der Waals surface area contributed by atoms with Gasteiger partial charge in [-0.1, -0.05) is 30.3 Å². The number of esters is 1. The number of aliphatic carboxylic acids is 1. The SMILES string of the molecule is COC(=O)c1sc(-c2cccc(NC3CCN(S(=O)(=O)c4ccccc4)CC3)c2)c(C)c1OCC(=O)O. The minimum Gasteiger partial charge on any atom is -0.480 e. The van der Waals surface area contributed by atoms with Gasteiger partial charge in [-0.15, -0.1) is 11.3 Å². The average molecular weight is 545 g/mol. The van der Waals surface area contributed by atoms with Gasteiger partial charge in [-0.3, -0.25) is 0 Å². The van der Waals surface area contributed by atoms with E-state index < -0.39 is 28.6 Å². The molecule has 0 spiro atoms. The molecule has 9 nitrogen and oxygen atoms in total. The predicted octanol–water partition coefficient (Wildman–Crippen LogP) is 4.24. The minimum atomic E-state index is -3.51. The molecule has 1 saturated heterocycles. The molecule has 0 aliphatic carbocycles. The summed E-state index contributed by atoms with van der Waals surface area (Å²) in [6.07, 6.45) is 1.32. The normalized spacial score (nSPS) is 14.8. The van der Waals surface area contributed by atoms with Crippen LogP contribution in [0.4, 0.5) is 5.69 Å². The standard InChI is InChI=1S/C26H28N2O7S2/c1-17-23(35-16-22(29)30)25(26(31)34-2)36-24(17)18-7-6-8-20(15-18)27-19-11-13-28(14-12-19)37(32,33)21-9-4-3-5-10-21/h3-10,15,19,27H,11-14,16H2,1-2H3,(H,29,30). The number of carbonyl (C=O) groups is 2. The first kappa shape index (κ1) is 26.6. The minimum absolute atomic E-state index is 0.0991. The molecule has 11 heteroatoms. The molecule has 0 bridgehead atoms. The second-order valence-electron chi connectivity index (χ2n) is 8.60. The second kappa shape index (κ2) is 11.3. The molecule has 0 atom stereocenters. The molecule has 0 unspecified atom stereocenters. The lowest BCUT2D eigenvalue weighted by Gasteiger charge is -2.32. The summed E-state index contributed by atoms with van der Waals surface area (Å²) < 4.78 is 37.6. The smallest absolute Gasteiger partial charge is 0.351 e. The Labute approximate surface area is 219 Å². The highest BCUT2D eigenvalue weighted by molar-refractivity contribution is 7.89. The molecular weight excluding hydrogens is 516 g/mol. The molecular formula is C26H28N2O7S2. The number of sulfonamides is 1. The molecule has 0 saturated carbocycles. The number of hydrogen-bond donors (Lipinski definition) is 2. The number of rotatable bonds is 9. The molecule has 2 aromatic carbocycles. The Morgan fingerprint density at radius 2 is 1.81 bits per heavy atom. The molecule has 4 rings (SSSR count). The first-order valence-corrected chi connectivity index (χ1v) is 13.9. The second-order valence-corrected chi connectivity index (χ2v) is 11.6. The highest BCUT2D eigenvalue weighted by Crippen LogP contribution is 2.42. The Hall–Kier alpha value is -3.41. The number of nitrogens with zero attached hydrogens (tertiary/aromatic N) is 1. The summed E-state index contributed by atoms with van der Waals surface area (Å²) in [6.45, 7) is 2.05. The van der Waals surface area contributed by atoms with E-state index in [1.54, 1.807) is 37.3 Å². The lowest BCUT2D eigenvalue weighted by molar-refractivity contribution is -0.139. The third-order valence-electron chi connectivity index (χ3n) is 6.13. The molecule has 0 amide bonds. The maximum atomic E-state index is 12.9. The third-order valence-corrected chi connectivity index (χ3v) is 9.35. The zero-order valence-electron chi connectivity index (χ0n) is 20.5. The van der Waals surface area contributed by atoms with Crippen molar-refractivity contribution in [3.8, 4) is 16.2 Å². The summed E-state index contributed by atoms with van der Waals surface area (Å²) in [6, 6.07) is 16.2. The van der Waals surface area contributed by atoms with E-state index in [2.05, 4.69) is 5.32 Å². The summed E-state index contributed by atoms with van der Waals surface area (Å²) >= 11 is 1.19. The van der Waals surface area contributed by atoms with Crippen LogP contribution in [0.1, 0.15) is 28.1 Å². The van der Waals surface area contributed by atoms with Crippen molar-refractivity contribution in [2.75, 3.05) is 32.1 Å². The van der Waals surface area contributed by atoms with Gasteiger partial charge < -0.3 is 19.9 Å². The number of nitrogens with one attached hydrogen (secondary N) is 1. The van der Waals surface area contributed by atoms with Crippen molar-refractivity contribution in [2.24, 2.45) is 0 Å². The van der Waals surface area contributed by atoms with Crippen molar-refractivity contribution >= 4 is 39.0 Å². The van der Waals surface area contributed by atoms with Crippen LogP contribution in [0, 0.1) is 6.92 Å². The number of ether oxygens (including phenoxy) is 2. The maximum absolute atomic E-state index is 12.9. The van der Waals surface area contributed by atoms with Crippen LogP contribution < -0.4 is 10.1 Å². The van der Waals surface area contributed by atoms with E-state index in [1.807, 2.05) is 24.3 Å². The van der Waals surface area contributed by atoms with Crippen LogP contribution in [0.3, 0.4) is 0 Å². The van der Waals surface area contributed by atoms with Crippen molar-refractivity contribution in [1.29, 1.82) is 0 Å². The van der Waals surface area contributed by atoms with Gasteiger partial charge in [0.15, 0.2) is 11.5 Å². The number of hydrogen-bond acceptors (Lipinski definition) is 8. The first-order valence-electron chi connectivity index (χ1n) is 11.7. The fourth-order valence-corrected chi connectivity index (χ4v) is 6.93. The fourth-order valence-electron chi connectivity index (χ4n) is 4.28. The number of piperidine rings is 1. The Kier molecular flexibility index (Phi) is 8.16. The molecule has 1 fully saturated rings. The number of carbonyl (C=O) groups excluding carboxylic acids is 1. The molecule has 1 aliphatic heterocycles. The molecule has 1 aromatic heterocycles. The monoisotopic (exact) mass is 544 g/mol. The van der Waals surface area contributed by atoms with E-state index >= 15 is 0 Å². The number of carboxylic acid groups (broad SMARTS) is 1. The lowest BCUT2D eigenvalue weighted by atomic mass is 10.0. The van der Waals surface area contributed by atoms with Gasteiger partial charge in [0.1, 0.15) is 5.75 Å². The lowest BCUT2D eigenvalue weighted by Crippen LogP contribution is -2.42. The van der Waals surface area contributed by atoms with Crippen LogP contribution in [-0.2, 0) is 19.6 Å². The molecule has 0 radical (unpaired) electrons. The maximum Gasteiger partial charge on any atom is 0.351 e. The summed E-state index contributed by atoms with van der Waals surface area (Å²) in [5.74, 6) is -1.53. The highest BCUT2D eigenvalue weighted by atomic mass is 32.2. The van der Waals surface area contributed by atoms with E-state index in [4.69, 9.17) is 14.6 Å². The summed E-state index contributed by atoms with van der Waals surface area (Å²) in [5, 5.41) is 12.5. The van der Waals surface area contributed by atoms with Crippen LogP contribution in [-0.4, -0.2) is 62.6 Å². The Balaban J connectivity index is 1.48. The van der Waals surface area contributed by atoms with Crippen molar-refractivity contribution in [3.63, 3.8) is 0 Å². The van der Waals surface area contributed by atoms with E-state index in [0.717, 1.165) is 16.1 Å². The fraction of sp³-hybridized carbons (Fsp3) is 0.308. The predicted molar refractivity (Wildman–Crippen MR) is 141 cm³/mol. The number of thiophene rings is 1. The topological polar surface area (TPSA) is 122 Å². The Bertz CT molecular complexity index is 1380. The largest absolute Gasteiger partial charge is 0.480 e. The number of anilines is 1. The van der Waals surface area contributed by atoms with Gasteiger partial charge in [-0.25, -0.2) is 18.0 Å². The highest BCUT2D eigenvalue weighted by Gasteiger charge is 2.29. The van der Waals surface area contributed by atoms with E-state index in [-0.39, 0.29) is 16.7 Å². The number of benzene rings is 2. The quantitative estimate of drug-likeness (QED) is 0.384. The van der Waals surface area contributed by atoms with E-state index in [9.17, 15) is 18.0 Å². The molecule has 196 valence electrons. The van der Waals surface area contributed by atoms with Crippen LogP contribution in [0.2, 0.25) is 0 Å². The van der Waals surface area contributed by atoms with Crippen molar-refractivity contribution < 1.29 is 32.6 Å². The number of carboxylic acids is 1. The molecule has 3 aromatic rings. The van der Waals surface area contributed by atoms with Gasteiger partial charge >= 0.3 is 11.9 Å². The zero-order valence-corrected chi connectivity index (χ0v) is 22.1. The van der Waals surface area contributed by atoms with Crippen molar-refractivity contribution in [3.05, 3.63) is 65.0 Å². The summed E-state index contributed by atoms with van der Waals surface area (Å²) in [7, 11) is -2.24. The van der Waals surface area contributed by atoms with Crippen molar-refractivity contribution in [2.45, 2.75) is 30.7 Å². The van der Waals surface area contributed by atoms with Crippen LogP contribution in [0.5, 0.6) is 5.75 Å². The van der Waals surface area contributed by atoms with E-state index in [0.29, 0.717) is 36.4 Å². The van der Waals surface area contributed by atoms with Crippen LogP contribution in [0.15, 0.2) is 59.5 Å². The van der Waals surface area contributed by atoms with Crippen LogP contribution >= 0.6 is 11.3 Å². The Morgan fingerprint density at radius 1 is 1.11 bits per heavy atom. The van der Waals surface area contributed by atoms with E-state index in [1.165, 1.54) is 22.8 Å². The average Bonchev–Trinajstić information content (AvgIpc) is 3.24. The van der Waals surface area contributed by atoms with Gasteiger partial charge in [0.2, 0.25) is 10.0 Å². The van der Waals surface area contributed by atoms with Crippen molar-refractivity contribution in [1.82, 2.24) is 4.31 Å². The third kappa shape index (κ3) is 5.95. The summed E-state index contributed by atoms with van der Waals surface area (Å²) in [4.78, 5) is 24.6. The van der Waals surface area contributed by atoms with Gasteiger partial charge in [-0.2, -0.15) is 4.31 Å². The number of methoxy groups -OCH3 is 1. The van der Waals surface area contributed by atoms with Gasteiger partial charge in [0, 0.05) is 35.3 Å². The zero-order chi connectivity index (χ0) is 26.6. The molecule has 37 heavy (non-hydrogen) atoms.